The third-order valence-electron chi connectivity index (χ3n) is 1.76. The molecule has 0 heterocycles. The molecule has 96 valence electrons. The van der Waals surface area contributed by atoms with Crippen LogP contribution in [-0.4, -0.2) is 30.6 Å². The first-order valence-electron chi connectivity index (χ1n) is 4.04. The first kappa shape index (κ1) is 14.8. The standard InChI is InChI=1S/C7H9F6NO2/c1-3-16-4(15)14-5(2,6(8,9)10)7(11,12)13/h3H2,1-2H3,(H,14,15). The number of hydrogen-bond donors (Lipinski definition) is 1. The minimum absolute atomic E-state index is 0.177. The Balaban J connectivity index is 5.06. The van der Waals surface area contributed by atoms with E-state index in [1.807, 2.05) is 0 Å². The molecule has 0 saturated carbocycles. The van der Waals surface area contributed by atoms with Crippen molar-refractivity contribution < 1.29 is 35.9 Å². The molecule has 3 nitrogen and oxygen atoms in total. The molecule has 0 aliphatic carbocycles. The van der Waals surface area contributed by atoms with Gasteiger partial charge in [0.1, 0.15) is 0 Å². The summed E-state index contributed by atoms with van der Waals surface area (Å²) in [5.74, 6) is 0. The van der Waals surface area contributed by atoms with E-state index in [1.165, 1.54) is 6.92 Å². The maximum Gasteiger partial charge on any atom is 0.420 e. The van der Waals surface area contributed by atoms with Gasteiger partial charge < -0.3 is 4.74 Å². The minimum Gasteiger partial charge on any atom is -0.450 e. The van der Waals surface area contributed by atoms with Gasteiger partial charge in [0.15, 0.2) is 0 Å². The highest BCUT2D eigenvalue weighted by molar-refractivity contribution is 5.68. The lowest BCUT2D eigenvalue weighted by molar-refractivity contribution is -0.298. The Morgan fingerprint density at radius 2 is 1.50 bits per heavy atom. The number of alkyl halides is 6. The number of hydrogen-bond acceptors (Lipinski definition) is 2. The van der Waals surface area contributed by atoms with Crippen molar-refractivity contribution in [1.29, 1.82) is 0 Å². The monoisotopic (exact) mass is 253 g/mol. The van der Waals surface area contributed by atoms with Crippen LogP contribution in [0.2, 0.25) is 0 Å². The van der Waals surface area contributed by atoms with Crippen LogP contribution in [0.15, 0.2) is 0 Å². The van der Waals surface area contributed by atoms with Gasteiger partial charge in [-0.05, 0) is 13.8 Å². The molecule has 0 unspecified atom stereocenters. The lowest BCUT2D eigenvalue weighted by Crippen LogP contribution is -2.65. The van der Waals surface area contributed by atoms with Gasteiger partial charge in [-0.2, -0.15) is 26.3 Å². The zero-order valence-electron chi connectivity index (χ0n) is 8.29. The zero-order valence-corrected chi connectivity index (χ0v) is 8.29. The molecule has 0 aromatic heterocycles. The number of halogens is 6. The van der Waals surface area contributed by atoms with Crippen molar-refractivity contribution in [2.45, 2.75) is 31.7 Å². The van der Waals surface area contributed by atoms with Gasteiger partial charge >= 0.3 is 18.4 Å². The van der Waals surface area contributed by atoms with Gasteiger partial charge in [0.2, 0.25) is 5.54 Å². The molecule has 0 aromatic carbocycles. The summed E-state index contributed by atoms with van der Waals surface area (Å²) in [7, 11) is 0. The van der Waals surface area contributed by atoms with Gasteiger partial charge in [-0.15, -0.1) is 0 Å². The van der Waals surface area contributed by atoms with Gasteiger partial charge in [0.05, 0.1) is 6.61 Å². The molecule has 0 aliphatic rings. The third kappa shape index (κ3) is 2.92. The van der Waals surface area contributed by atoms with Crippen LogP contribution in [0.25, 0.3) is 0 Å². The van der Waals surface area contributed by atoms with Crippen molar-refractivity contribution in [1.82, 2.24) is 5.32 Å². The summed E-state index contributed by atoms with van der Waals surface area (Å²) < 4.78 is 77.2. The average molecular weight is 253 g/mol. The highest BCUT2D eigenvalue weighted by Crippen LogP contribution is 2.42. The van der Waals surface area contributed by atoms with E-state index in [1.54, 1.807) is 0 Å². The Hall–Kier alpha value is -1.15. The van der Waals surface area contributed by atoms with E-state index < -0.39 is 24.0 Å². The fourth-order valence-corrected chi connectivity index (χ4v) is 0.674. The predicted molar refractivity (Wildman–Crippen MR) is 40.7 cm³/mol. The lowest BCUT2D eigenvalue weighted by atomic mass is 10.0. The van der Waals surface area contributed by atoms with Crippen LogP contribution in [-0.2, 0) is 4.74 Å². The molecule has 0 aliphatic heterocycles. The summed E-state index contributed by atoms with van der Waals surface area (Å²) in [6.07, 6.45) is -13.1. The summed E-state index contributed by atoms with van der Waals surface area (Å²) in [5, 5.41) is 0.763. The normalized spacial score (nSPS) is 13.5. The molecule has 9 heteroatoms. The summed E-state index contributed by atoms with van der Waals surface area (Å²) in [4.78, 5) is 10.6. The third-order valence-corrected chi connectivity index (χ3v) is 1.76. The molecule has 0 aromatic rings. The summed E-state index contributed by atoms with van der Waals surface area (Å²) >= 11 is 0. The number of alkyl carbamates (subject to hydrolysis) is 1. The van der Waals surface area contributed by atoms with E-state index >= 15 is 0 Å². The fourth-order valence-electron chi connectivity index (χ4n) is 0.674. The number of amides is 1. The molecule has 1 amide bonds. The molecule has 0 bridgehead atoms. The maximum atomic E-state index is 12.2. The van der Waals surface area contributed by atoms with E-state index in [0.29, 0.717) is 0 Å². The lowest BCUT2D eigenvalue weighted by Gasteiger charge is -2.33. The van der Waals surface area contributed by atoms with Crippen LogP contribution in [0, 0.1) is 0 Å². The molecular formula is C7H9F6NO2. The SMILES string of the molecule is CCOC(=O)NC(C)(C(F)(F)F)C(F)(F)F. The predicted octanol–water partition coefficient (Wildman–Crippen LogP) is 2.62. The quantitative estimate of drug-likeness (QED) is 0.768. The Bertz CT molecular complexity index is 245. The second kappa shape index (κ2) is 4.38. The molecule has 0 radical (unpaired) electrons. The Morgan fingerprint density at radius 3 is 1.75 bits per heavy atom. The molecule has 1 N–H and O–H groups in total. The number of carbonyl (C=O) groups is 1. The Kier molecular flexibility index (Phi) is 4.07. The van der Waals surface area contributed by atoms with Crippen molar-refractivity contribution in [3.63, 3.8) is 0 Å². The van der Waals surface area contributed by atoms with Crippen LogP contribution in [0.3, 0.4) is 0 Å². The van der Waals surface area contributed by atoms with Gasteiger partial charge in [0.25, 0.3) is 0 Å². The minimum atomic E-state index is -5.67. The van der Waals surface area contributed by atoms with Gasteiger partial charge in [-0.1, -0.05) is 0 Å². The molecule has 0 saturated heterocycles. The Labute approximate surface area is 86.7 Å². The van der Waals surface area contributed by atoms with E-state index in [-0.39, 0.29) is 13.5 Å². The summed E-state index contributed by atoms with van der Waals surface area (Å²) in [6.45, 7) is 0.736. The fraction of sp³-hybridized carbons (Fsp3) is 0.857. The first-order valence-corrected chi connectivity index (χ1v) is 4.04. The molecule has 0 fully saturated rings. The Morgan fingerprint density at radius 1 is 1.12 bits per heavy atom. The van der Waals surface area contributed by atoms with Gasteiger partial charge in [-0.25, -0.2) is 4.79 Å². The van der Waals surface area contributed by atoms with Crippen LogP contribution in [0.4, 0.5) is 31.1 Å². The number of carbonyl (C=O) groups excluding carboxylic acids is 1. The highest BCUT2D eigenvalue weighted by atomic mass is 19.4. The smallest absolute Gasteiger partial charge is 0.420 e. The topological polar surface area (TPSA) is 38.3 Å². The van der Waals surface area contributed by atoms with E-state index in [4.69, 9.17) is 0 Å². The van der Waals surface area contributed by atoms with E-state index in [9.17, 15) is 31.1 Å². The van der Waals surface area contributed by atoms with Crippen molar-refractivity contribution in [2.24, 2.45) is 0 Å². The summed E-state index contributed by atoms with van der Waals surface area (Å²) in [6, 6.07) is 0. The molecule has 0 rings (SSSR count). The van der Waals surface area contributed by atoms with E-state index in [2.05, 4.69) is 4.74 Å². The van der Waals surface area contributed by atoms with Crippen molar-refractivity contribution in [3.8, 4) is 0 Å². The average Bonchev–Trinajstić information content (AvgIpc) is 1.99. The second-order valence-corrected chi connectivity index (χ2v) is 2.97. The molecule has 16 heavy (non-hydrogen) atoms. The van der Waals surface area contributed by atoms with E-state index in [0.717, 1.165) is 5.32 Å². The number of ether oxygens (including phenoxy) is 1. The molecule has 0 atom stereocenters. The van der Waals surface area contributed by atoms with Crippen molar-refractivity contribution in [3.05, 3.63) is 0 Å². The molecular weight excluding hydrogens is 244 g/mol. The van der Waals surface area contributed by atoms with Crippen LogP contribution in [0.1, 0.15) is 13.8 Å². The highest BCUT2D eigenvalue weighted by Gasteiger charge is 2.68. The molecule has 0 spiro atoms. The number of rotatable bonds is 2. The largest absolute Gasteiger partial charge is 0.450 e. The van der Waals surface area contributed by atoms with Crippen LogP contribution in [0.5, 0.6) is 0 Å². The second-order valence-electron chi connectivity index (χ2n) is 2.97. The van der Waals surface area contributed by atoms with Crippen LogP contribution < -0.4 is 5.32 Å². The zero-order chi connectivity index (χ0) is 13.2. The van der Waals surface area contributed by atoms with Crippen molar-refractivity contribution >= 4 is 6.09 Å². The van der Waals surface area contributed by atoms with Crippen molar-refractivity contribution in [2.75, 3.05) is 6.61 Å². The van der Waals surface area contributed by atoms with Crippen LogP contribution >= 0.6 is 0 Å². The van der Waals surface area contributed by atoms with Gasteiger partial charge in [0, 0.05) is 0 Å². The first-order chi connectivity index (χ1) is 6.95. The number of nitrogens with one attached hydrogen (secondary N) is 1. The van der Waals surface area contributed by atoms with Gasteiger partial charge in [-0.3, -0.25) is 5.32 Å². The summed E-state index contributed by atoms with van der Waals surface area (Å²) in [5.41, 5.74) is -4.33. The maximum absolute atomic E-state index is 12.2.